The summed E-state index contributed by atoms with van der Waals surface area (Å²) >= 11 is 0. The molecule has 2 aromatic rings. The summed E-state index contributed by atoms with van der Waals surface area (Å²) < 4.78 is 5.65. The number of nitrogens with zero attached hydrogens (tertiary/aromatic N) is 1. The molecule has 0 atom stereocenters. The van der Waals surface area contributed by atoms with Gasteiger partial charge in [-0.15, -0.1) is 0 Å². The highest BCUT2D eigenvalue weighted by Crippen LogP contribution is 2.08. The first-order chi connectivity index (χ1) is 8.88. The molecule has 1 heterocycles. The van der Waals surface area contributed by atoms with Gasteiger partial charge in [-0.1, -0.05) is 36.4 Å². The average molecular weight is 242 g/mol. The minimum atomic E-state index is 0.592. The number of aromatic nitrogens is 1. The van der Waals surface area contributed by atoms with Crippen LogP contribution in [-0.4, -0.2) is 11.5 Å². The van der Waals surface area contributed by atoms with Gasteiger partial charge in [-0.3, -0.25) is 0 Å². The zero-order chi connectivity index (χ0) is 12.6. The Kier molecular flexibility index (Phi) is 4.73. The van der Waals surface area contributed by atoms with E-state index in [1.54, 1.807) is 0 Å². The van der Waals surface area contributed by atoms with Crippen LogP contribution in [0.2, 0.25) is 0 Å². The molecule has 1 N–H and O–H groups in total. The first-order valence-corrected chi connectivity index (χ1v) is 6.19. The Morgan fingerprint density at radius 1 is 1.00 bits per heavy atom. The van der Waals surface area contributed by atoms with Crippen molar-refractivity contribution in [3.8, 4) is 0 Å². The van der Waals surface area contributed by atoms with Gasteiger partial charge in [-0.2, -0.15) is 0 Å². The Morgan fingerprint density at radius 3 is 2.44 bits per heavy atom. The second kappa shape index (κ2) is 6.77. The van der Waals surface area contributed by atoms with E-state index in [0.29, 0.717) is 13.2 Å². The zero-order valence-corrected chi connectivity index (χ0v) is 10.6. The molecule has 0 amide bonds. The van der Waals surface area contributed by atoms with E-state index in [9.17, 15) is 0 Å². The second-order valence-electron chi connectivity index (χ2n) is 4.06. The van der Waals surface area contributed by atoms with Crippen molar-refractivity contribution in [1.82, 2.24) is 4.98 Å². The number of hydrogen-bond acceptors (Lipinski definition) is 3. The van der Waals surface area contributed by atoms with Crippen molar-refractivity contribution in [1.29, 1.82) is 0 Å². The maximum absolute atomic E-state index is 5.65. The van der Waals surface area contributed by atoms with Crippen LogP contribution in [-0.2, 0) is 18.0 Å². The fraction of sp³-hybridized carbons (Fsp3) is 0.267. The van der Waals surface area contributed by atoms with Crippen LogP contribution >= 0.6 is 0 Å². The molecule has 0 unspecified atom stereocenters. The molecule has 0 saturated heterocycles. The van der Waals surface area contributed by atoms with Crippen LogP contribution in [0.3, 0.4) is 0 Å². The van der Waals surface area contributed by atoms with Gasteiger partial charge in [0.25, 0.3) is 0 Å². The number of rotatable bonds is 6. The summed E-state index contributed by atoms with van der Waals surface area (Å²) in [7, 11) is 0. The van der Waals surface area contributed by atoms with Gasteiger partial charge in [0.1, 0.15) is 5.82 Å². The molecule has 1 aromatic carbocycles. The van der Waals surface area contributed by atoms with Crippen molar-refractivity contribution in [2.45, 2.75) is 20.1 Å². The SMILES string of the molecule is CCNc1ccc(COCc2ccccc2)cn1. The van der Waals surface area contributed by atoms with Crippen LogP contribution in [0.15, 0.2) is 48.7 Å². The van der Waals surface area contributed by atoms with E-state index >= 15 is 0 Å². The smallest absolute Gasteiger partial charge is 0.125 e. The number of benzene rings is 1. The number of nitrogens with one attached hydrogen (secondary N) is 1. The van der Waals surface area contributed by atoms with Gasteiger partial charge in [-0.05, 0) is 24.1 Å². The molecule has 0 radical (unpaired) electrons. The molecule has 18 heavy (non-hydrogen) atoms. The molecule has 0 bridgehead atoms. The van der Waals surface area contributed by atoms with E-state index in [2.05, 4.69) is 29.4 Å². The molecule has 3 nitrogen and oxygen atoms in total. The fourth-order valence-corrected chi connectivity index (χ4v) is 1.66. The van der Waals surface area contributed by atoms with Crippen molar-refractivity contribution in [2.24, 2.45) is 0 Å². The molecular formula is C15H18N2O. The van der Waals surface area contributed by atoms with Gasteiger partial charge in [0.15, 0.2) is 0 Å². The summed E-state index contributed by atoms with van der Waals surface area (Å²) in [5.74, 6) is 0.907. The highest BCUT2D eigenvalue weighted by Gasteiger charge is 1.96. The molecule has 0 saturated carbocycles. The third-order valence-corrected chi connectivity index (χ3v) is 2.56. The monoisotopic (exact) mass is 242 g/mol. The maximum Gasteiger partial charge on any atom is 0.125 e. The summed E-state index contributed by atoms with van der Waals surface area (Å²) in [6.45, 7) is 4.17. The van der Waals surface area contributed by atoms with Crippen LogP contribution in [0.4, 0.5) is 5.82 Å². The Balaban J connectivity index is 1.80. The Bertz CT molecular complexity index is 454. The lowest BCUT2D eigenvalue weighted by molar-refractivity contribution is 0.107. The van der Waals surface area contributed by atoms with Crippen LogP contribution in [0.5, 0.6) is 0 Å². The third-order valence-electron chi connectivity index (χ3n) is 2.56. The predicted octanol–water partition coefficient (Wildman–Crippen LogP) is 3.23. The third kappa shape index (κ3) is 3.86. The lowest BCUT2D eigenvalue weighted by Gasteiger charge is -2.06. The number of hydrogen-bond donors (Lipinski definition) is 1. The summed E-state index contributed by atoms with van der Waals surface area (Å²) in [6.07, 6.45) is 1.85. The minimum Gasteiger partial charge on any atom is -0.372 e. The van der Waals surface area contributed by atoms with Gasteiger partial charge >= 0.3 is 0 Å². The standard InChI is InChI=1S/C15H18N2O/c1-2-16-15-9-8-14(10-17-15)12-18-11-13-6-4-3-5-7-13/h3-10H,2,11-12H2,1H3,(H,16,17). The highest BCUT2D eigenvalue weighted by molar-refractivity contribution is 5.34. The zero-order valence-electron chi connectivity index (χ0n) is 10.6. The van der Waals surface area contributed by atoms with Crippen molar-refractivity contribution < 1.29 is 4.74 Å². The van der Waals surface area contributed by atoms with Gasteiger partial charge < -0.3 is 10.1 Å². The first kappa shape index (κ1) is 12.6. The van der Waals surface area contributed by atoms with E-state index in [1.807, 2.05) is 36.5 Å². The van der Waals surface area contributed by atoms with Crippen LogP contribution in [0.1, 0.15) is 18.1 Å². The largest absolute Gasteiger partial charge is 0.372 e. The van der Waals surface area contributed by atoms with Crippen molar-refractivity contribution >= 4 is 5.82 Å². The fourth-order valence-electron chi connectivity index (χ4n) is 1.66. The molecule has 2 rings (SSSR count). The van der Waals surface area contributed by atoms with Crippen LogP contribution < -0.4 is 5.32 Å². The maximum atomic E-state index is 5.65. The van der Waals surface area contributed by atoms with Gasteiger partial charge in [-0.25, -0.2) is 4.98 Å². The Hall–Kier alpha value is -1.87. The van der Waals surface area contributed by atoms with E-state index in [1.165, 1.54) is 5.56 Å². The summed E-state index contributed by atoms with van der Waals surface area (Å²) in [5.41, 5.74) is 2.28. The summed E-state index contributed by atoms with van der Waals surface area (Å²) in [6, 6.07) is 14.2. The van der Waals surface area contributed by atoms with Gasteiger partial charge in [0, 0.05) is 12.7 Å². The number of pyridine rings is 1. The number of anilines is 1. The molecule has 0 fully saturated rings. The molecular weight excluding hydrogens is 224 g/mol. The predicted molar refractivity (Wildman–Crippen MR) is 73.3 cm³/mol. The van der Waals surface area contributed by atoms with Gasteiger partial charge in [0.2, 0.25) is 0 Å². The molecule has 0 aliphatic heterocycles. The molecule has 3 heteroatoms. The van der Waals surface area contributed by atoms with E-state index in [-0.39, 0.29) is 0 Å². The lowest BCUT2D eigenvalue weighted by atomic mass is 10.2. The van der Waals surface area contributed by atoms with Crippen LogP contribution in [0.25, 0.3) is 0 Å². The van der Waals surface area contributed by atoms with Gasteiger partial charge in [0.05, 0.1) is 13.2 Å². The highest BCUT2D eigenvalue weighted by atomic mass is 16.5. The molecule has 94 valence electrons. The van der Waals surface area contributed by atoms with E-state index < -0.39 is 0 Å². The van der Waals surface area contributed by atoms with Crippen molar-refractivity contribution in [3.63, 3.8) is 0 Å². The normalized spacial score (nSPS) is 10.3. The summed E-state index contributed by atoms with van der Waals surface area (Å²) in [4.78, 5) is 4.30. The molecule has 0 aliphatic rings. The van der Waals surface area contributed by atoms with Crippen LogP contribution in [0, 0.1) is 0 Å². The second-order valence-corrected chi connectivity index (χ2v) is 4.06. The van der Waals surface area contributed by atoms with Crippen molar-refractivity contribution in [2.75, 3.05) is 11.9 Å². The first-order valence-electron chi connectivity index (χ1n) is 6.19. The minimum absolute atomic E-state index is 0.592. The van der Waals surface area contributed by atoms with Crippen molar-refractivity contribution in [3.05, 3.63) is 59.8 Å². The molecule has 0 aliphatic carbocycles. The summed E-state index contributed by atoms with van der Waals surface area (Å²) in [5, 5.41) is 3.16. The molecule has 0 spiro atoms. The Morgan fingerprint density at radius 2 is 1.78 bits per heavy atom. The Labute approximate surface area is 108 Å². The quantitative estimate of drug-likeness (QED) is 0.844. The lowest BCUT2D eigenvalue weighted by Crippen LogP contribution is -2.00. The van der Waals surface area contributed by atoms with E-state index in [0.717, 1.165) is 17.9 Å². The number of ether oxygens (including phenoxy) is 1. The van der Waals surface area contributed by atoms with E-state index in [4.69, 9.17) is 4.74 Å². The topological polar surface area (TPSA) is 34.1 Å². The molecule has 1 aromatic heterocycles. The average Bonchev–Trinajstić information content (AvgIpc) is 2.42.